The molecule has 0 aliphatic rings. The van der Waals surface area contributed by atoms with Gasteiger partial charge in [0, 0.05) is 19.0 Å². The summed E-state index contributed by atoms with van der Waals surface area (Å²) in [4.78, 5) is 29.1. The molecule has 1 N–H and O–H groups in total. The van der Waals surface area contributed by atoms with E-state index in [-0.39, 0.29) is 18.5 Å². The lowest BCUT2D eigenvalue weighted by molar-refractivity contribution is -0.140. The lowest BCUT2D eigenvalue weighted by Gasteiger charge is -2.34. The third-order valence-electron chi connectivity index (χ3n) is 6.63. The van der Waals surface area contributed by atoms with Crippen molar-refractivity contribution in [2.75, 3.05) is 17.1 Å². The first kappa shape index (κ1) is 29.9. The number of nitrogens with one attached hydrogen (secondary N) is 1. The topological polar surface area (TPSA) is 86.8 Å². The van der Waals surface area contributed by atoms with Crippen molar-refractivity contribution in [1.82, 2.24) is 10.2 Å². The number of hydrogen-bond acceptors (Lipinski definition) is 4. The van der Waals surface area contributed by atoms with Gasteiger partial charge in [0.05, 0.1) is 11.9 Å². The lowest BCUT2D eigenvalue weighted by Crippen LogP contribution is -2.54. The average molecular weight is 550 g/mol. The first-order valence-corrected chi connectivity index (χ1v) is 14.9. The van der Waals surface area contributed by atoms with Crippen LogP contribution in [0.15, 0.2) is 72.8 Å². The first-order valence-electron chi connectivity index (χ1n) is 13.1. The van der Waals surface area contributed by atoms with Crippen molar-refractivity contribution in [1.29, 1.82) is 0 Å². The lowest BCUT2D eigenvalue weighted by atomic mass is 10.0. The minimum absolute atomic E-state index is 0.129. The van der Waals surface area contributed by atoms with E-state index in [9.17, 15) is 18.0 Å². The van der Waals surface area contributed by atoms with Crippen molar-refractivity contribution in [2.24, 2.45) is 0 Å². The Balaban J connectivity index is 2.06. The Kier molecular flexibility index (Phi) is 9.92. The molecule has 0 aromatic heterocycles. The predicted molar refractivity (Wildman–Crippen MR) is 157 cm³/mol. The zero-order chi connectivity index (χ0) is 28.7. The number of rotatable bonds is 11. The molecule has 0 fully saturated rings. The van der Waals surface area contributed by atoms with E-state index >= 15 is 0 Å². The molecular weight excluding hydrogens is 510 g/mol. The molecule has 0 bridgehead atoms. The SMILES string of the molecule is Cc1ccc(CN(C(=O)CN(c2ccc(C)c(C)c2)S(C)(=O)=O)[C@@H](Cc2ccccc2)C(=O)NC(C)C)cc1. The summed E-state index contributed by atoms with van der Waals surface area (Å²) < 4.78 is 26.9. The fourth-order valence-electron chi connectivity index (χ4n) is 4.32. The summed E-state index contributed by atoms with van der Waals surface area (Å²) in [6.45, 7) is 9.30. The maximum absolute atomic E-state index is 14.1. The van der Waals surface area contributed by atoms with Gasteiger partial charge in [-0.1, -0.05) is 66.2 Å². The van der Waals surface area contributed by atoms with E-state index in [1.165, 1.54) is 4.90 Å². The fraction of sp³-hybridized carbons (Fsp3) is 0.355. The zero-order valence-electron chi connectivity index (χ0n) is 23.6. The number of aryl methyl sites for hydroxylation is 3. The van der Waals surface area contributed by atoms with Gasteiger partial charge in [0.25, 0.3) is 0 Å². The highest BCUT2D eigenvalue weighted by Gasteiger charge is 2.33. The molecule has 3 aromatic carbocycles. The molecule has 208 valence electrons. The average Bonchev–Trinajstić information content (AvgIpc) is 2.87. The minimum Gasteiger partial charge on any atom is -0.352 e. The molecule has 0 radical (unpaired) electrons. The van der Waals surface area contributed by atoms with Crippen molar-refractivity contribution in [3.05, 3.63) is 101 Å². The number of nitrogens with zero attached hydrogens (tertiary/aromatic N) is 2. The van der Waals surface area contributed by atoms with Crippen LogP contribution in [0.4, 0.5) is 5.69 Å². The van der Waals surface area contributed by atoms with Gasteiger partial charge in [0.2, 0.25) is 21.8 Å². The molecule has 3 aromatic rings. The molecular formula is C31H39N3O4S. The van der Waals surface area contributed by atoms with Gasteiger partial charge >= 0.3 is 0 Å². The number of carbonyl (C=O) groups excluding carboxylic acids is 2. The van der Waals surface area contributed by atoms with Crippen LogP contribution in [0.1, 0.15) is 41.7 Å². The highest BCUT2D eigenvalue weighted by atomic mass is 32.2. The Hall–Kier alpha value is -3.65. The van der Waals surface area contributed by atoms with Crippen LogP contribution in [0.25, 0.3) is 0 Å². The van der Waals surface area contributed by atoms with Crippen molar-refractivity contribution in [3.8, 4) is 0 Å². The molecule has 0 saturated carbocycles. The van der Waals surface area contributed by atoms with Gasteiger partial charge in [-0.25, -0.2) is 8.42 Å². The van der Waals surface area contributed by atoms with Crippen LogP contribution in [0.5, 0.6) is 0 Å². The number of benzene rings is 3. The van der Waals surface area contributed by atoms with Gasteiger partial charge < -0.3 is 10.2 Å². The van der Waals surface area contributed by atoms with Crippen molar-refractivity contribution >= 4 is 27.5 Å². The van der Waals surface area contributed by atoms with E-state index < -0.39 is 28.5 Å². The molecule has 2 amide bonds. The molecule has 0 heterocycles. The van der Waals surface area contributed by atoms with E-state index in [0.29, 0.717) is 12.1 Å². The largest absolute Gasteiger partial charge is 0.352 e. The van der Waals surface area contributed by atoms with E-state index in [4.69, 9.17) is 0 Å². The smallest absolute Gasteiger partial charge is 0.244 e. The highest BCUT2D eigenvalue weighted by Crippen LogP contribution is 2.23. The summed E-state index contributed by atoms with van der Waals surface area (Å²) in [5.41, 5.74) is 5.18. The summed E-state index contributed by atoms with van der Waals surface area (Å²) in [6, 6.07) is 21.6. The third kappa shape index (κ3) is 8.42. The van der Waals surface area contributed by atoms with Gasteiger partial charge in [-0.05, 0) is 69.0 Å². The normalized spacial score (nSPS) is 12.2. The fourth-order valence-corrected chi connectivity index (χ4v) is 5.16. The van der Waals surface area contributed by atoms with Gasteiger partial charge in [0.1, 0.15) is 12.6 Å². The Labute approximate surface area is 232 Å². The number of sulfonamides is 1. The quantitative estimate of drug-likeness (QED) is 0.380. The highest BCUT2D eigenvalue weighted by molar-refractivity contribution is 7.92. The summed E-state index contributed by atoms with van der Waals surface area (Å²) >= 11 is 0. The van der Waals surface area contributed by atoms with Crippen LogP contribution in [0.3, 0.4) is 0 Å². The molecule has 39 heavy (non-hydrogen) atoms. The molecule has 0 aliphatic carbocycles. The second-order valence-corrected chi connectivity index (χ2v) is 12.3. The van der Waals surface area contributed by atoms with Gasteiger partial charge in [0.15, 0.2) is 0 Å². The van der Waals surface area contributed by atoms with Crippen molar-refractivity contribution in [3.63, 3.8) is 0 Å². The molecule has 8 heteroatoms. The number of hydrogen-bond donors (Lipinski definition) is 1. The Bertz CT molecular complexity index is 1390. The summed E-state index contributed by atoms with van der Waals surface area (Å²) in [6.07, 6.45) is 1.38. The third-order valence-corrected chi connectivity index (χ3v) is 7.77. The van der Waals surface area contributed by atoms with Gasteiger partial charge in [-0.3, -0.25) is 13.9 Å². The molecule has 0 unspecified atom stereocenters. The second-order valence-electron chi connectivity index (χ2n) is 10.4. The van der Waals surface area contributed by atoms with Gasteiger partial charge in [-0.15, -0.1) is 0 Å². The van der Waals surface area contributed by atoms with Crippen LogP contribution in [0, 0.1) is 20.8 Å². The minimum atomic E-state index is -3.79. The van der Waals surface area contributed by atoms with E-state index in [0.717, 1.165) is 38.4 Å². The number of carbonyl (C=O) groups is 2. The zero-order valence-corrected chi connectivity index (χ0v) is 24.5. The summed E-state index contributed by atoms with van der Waals surface area (Å²) in [5, 5.41) is 2.96. The van der Waals surface area contributed by atoms with Crippen LogP contribution in [-0.4, -0.2) is 50.0 Å². The van der Waals surface area contributed by atoms with Crippen LogP contribution in [-0.2, 0) is 32.6 Å². The monoisotopic (exact) mass is 549 g/mol. The summed E-state index contributed by atoms with van der Waals surface area (Å²) in [5.74, 6) is -0.745. The molecule has 0 aliphatic heterocycles. The van der Waals surface area contributed by atoms with Crippen LogP contribution >= 0.6 is 0 Å². The predicted octanol–water partition coefficient (Wildman–Crippen LogP) is 4.54. The maximum atomic E-state index is 14.1. The van der Waals surface area contributed by atoms with Crippen molar-refractivity contribution in [2.45, 2.75) is 59.7 Å². The van der Waals surface area contributed by atoms with Crippen LogP contribution < -0.4 is 9.62 Å². The number of amides is 2. The van der Waals surface area contributed by atoms with Crippen LogP contribution in [0.2, 0.25) is 0 Å². The van der Waals surface area contributed by atoms with E-state index in [1.54, 1.807) is 12.1 Å². The summed E-state index contributed by atoms with van der Waals surface area (Å²) in [7, 11) is -3.79. The van der Waals surface area contributed by atoms with Crippen molar-refractivity contribution < 1.29 is 18.0 Å². The Morgan fingerprint density at radius 3 is 2.05 bits per heavy atom. The standard InChI is InChI=1S/C31H39N3O4S/c1-22(2)32-31(36)29(19-26-10-8-7-9-11-26)33(20-27-15-12-23(3)13-16-27)30(35)21-34(39(6,37)38)28-17-14-24(4)25(5)18-28/h7-18,22,29H,19-21H2,1-6H3,(H,32,36)/t29-/m0/s1. The Morgan fingerprint density at radius 2 is 1.49 bits per heavy atom. The van der Waals surface area contributed by atoms with Gasteiger partial charge in [-0.2, -0.15) is 0 Å². The molecule has 0 saturated heterocycles. The van der Waals surface area contributed by atoms with E-state index in [2.05, 4.69) is 5.32 Å². The maximum Gasteiger partial charge on any atom is 0.244 e. The van der Waals surface area contributed by atoms with E-state index in [1.807, 2.05) is 95.3 Å². The molecule has 3 rings (SSSR count). The second kappa shape index (κ2) is 12.9. The first-order chi connectivity index (χ1) is 18.3. The molecule has 7 nitrogen and oxygen atoms in total. The number of anilines is 1. The molecule has 0 spiro atoms. The molecule has 1 atom stereocenters. The Morgan fingerprint density at radius 1 is 0.846 bits per heavy atom.